The molecular weight excluding hydrogens is 184 g/mol. The smallest absolute Gasteiger partial charge is 0.0270 e. The van der Waals surface area contributed by atoms with Crippen LogP contribution < -0.4 is 5.73 Å². The maximum Gasteiger partial charge on any atom is 0.0270 e. The van der Waals surface area contributed by atoms with Crippen molar-refractivity contribution >= 4 is 0 Å². The third-order valence-electron chi connectivity index (χ3n) is 2.48. The summed E-state index contributed by atoms with van der Waals surface area (Å²) in [7, 11) is 0. The maximum absolute atomic E-state index is 5.69. The molecule has 1 aromatic carbocycles. The summed E-state index contributed by atoms with van der Waals surface area (Å²) in [5.74, 6) is 0. The first-order valence-electron chi connectivity index (χ1n) is 5.06. The van der Waals surface area contributed by atoms with Crippen molar-refractivity contribution in [3.63, 3.8) is 0 Å². The van der Waals surface area contributed by atoms with E-state index in [1.807, 2.05) is 30.6 Å². The van der Waals surface area contributed by atoms with E-state index in [-0.39, 0.29) is 0 Å². The van der Waals surface area contributed by atoms with Gasteiger partial charge in [0.15, 0.2) is 0 Å². The summed E-state index contributed by atoms with van der Waals surface area (Å²) in [5, 5.41) is 0. The van der Waals surface area contributed by atoms with Crippen molar-refractivity contribution in [1.82, 2.24) is 4.98 Å². The highest BCUT2D eigenvalue weighted by atomic mass is 14.6. The first-order chi connectivity index (χ1) is 7.40. The molecule has 0 atom stereocenters. The van der Waals surface area contributed by atoms with Crippen LogP contribution in [0.15, 0.2) is 48.8 Å². The minimum atomic E-state index is 0.598. The van der Waals surface area contributed by atoms with Crippen LogP contribution in [0, 0.1) is 0 Å². The fraction of sp³-hybridized carbons (Fsp3) is 0.154. The van der Waals surface area contributed by atoms with Crippen molar-refractivity contribution in [3.05, 3.63) is 65.5 Å². The van der Waals surface area contributed by atoms with Gasteiger partial charge in [-0.15, -0.1) is 0 Å². The summed E-state index contributed by atoms with van der Waals surface area (Å²) in [5.41, 5.74) is 9.48. The lowest BCUT2D eigenvalue weighted by Gasteiger charge is -2.06. The average Bonchev–Trinajstić information content (AvgIpc) is 2.31. The molecule has 1 aromatic heterocycles. The SMILES string of the molecule is NCc1ccccc1Cc1ccncc1. The molecule has 0 bridgehead atoms. The molecule has 0 aliphatic heterocycles. The Morgan fingerprint density at radius 2 is 1.60 bits per heavy atom. The van der Waals surface area contributed by atoms with Crippen LogP contribution in [0.2, 0.25) is 0 Å². The largest absolute Gasteiger partial charge is 0.326 e. The van der Waals surface area contributed by atoms with Crippen LogP contribution in [-0.2, 0) is 13.0 Å². The van der Waals surface area contributed by atoms with E-state index in [4.69, 9.17) is 5.73 Å². The highest BCUT2D eigenvalue weighted by Crippen LogP contribution is 2.13. The molecule has 0 aliphatic carbocycles. The van der Waals surface area contributed by atoms with Gasteiger partial charge in [0, 0.05) is 18.9 Å². The van der Waals surface area contributed by atoms with Crippen LogP contribution in [0.3, 0.4) is 0 Å². The Morgan fingerprint density at radius 1 is 0.933 bits per heavy atom. The molecule has 0 saturated carbocycles. The Balaban J connectivity index is 2.24. The molecule has 2 aromatic rings. The summed E-state index contributed by atoms with van der Waals surface area (Å²) in [4.78, 5) is 4.00. The first-order valence-corrected chi connectivity index (χ1v) is 5.06. The molecule has 0 saturated heterocycles. The van der Waals surface area contributed by atoms with Gasteiger partial charge >= 0.3 is 0 Å². The van der Waals surface area contributed by atoms with Crippen LogP contribution >= 0.6 is 0 Å². The van der Waals surface area contributed by atoms with E-state index >= 15 is 0 Å². The third kappa shape index (κ3) is 2.42. The van der Waals surface area contributed by atoms with Crippen molar-refractivity contribution in [3.8, 4) is 0 Å². The van der Waals surface area contributed by atoms with Gasteiger partial charge in [0.1, 0.15) is 0 Å². The lowest BCUT2D eigenvalue weighted by atomic mass is 10.0. The molecule has 0 radical (unpaired) electrons. The summed E-state index contributed by atoms with van der Waals surface area (Å²) < 4.78 is 0. The lowest BCUT2D eigenvalue weighted by Crippen LogP contribution is -2.01. The predicted molar refractivity (Wildman–Crippen MR) is 61.4 cm³/mol. The topological polar surface area (TPSA) is 38.9 Å². The zero-order valence-corrected chi connectivity index (χ0v) is 8.56. The van der Waals surface area contributed by atoms with Gasteiger partial charge in [0.25, 0.3) is 0 Å². The zero-order chi connectivity index (χ0) is 10.5. The second kappa shape index (κ2) is 4.71. The number of aromatic nitrogens is 1. The van der Waals surface area contributed by atoms with E-state index in [1.54, 1.807) is 0 Å². The normalized spacial score (nSPS) is 10.2. The van der Waals surface area contributed by atoms with E-state index in [2.05, 4.69) is 23.2 Å². The molecule has 76 valence electrons. The van der Waals surface area contributed by atoms with E-state index < -0.39 is 0 Å². The van der Waals surface area contributed by atoms with Crippen molar-refractivity contribution in [2.45, 2.75) is 13.0 Å². The van der Waals surface area contributed by atoms with Crippen LogP contribution in [0.25, 0.3) is 0 Å². The van der Waals surface area contributed by atoms with Gasteiger partial charge in [-0.05, 0) is 35.2 Å². The quantitative estimate of drug-likeness (QED) is 0.820. The highest BCUT2D eigenvalue weighted by Gasteiger charge is 2.00. The molecule has 0 amide bonds. The molecule has 15 heavy (non-hydrogen) atoms. The van der Waals surface area contributed by atoms with Gasteiger partial charge in [0.2, 0.25) is 0 Å². The number of pyridine rings is 1. The van der Waals surface area contributed by atoms with Crippen LogP contribution in [-0.4, -0.2) is 4.98 Å². The summed E-state index contributed by atoms with van der Waals surface area (Å²) >= 11 is 0. The summed E-state index contributed by atoms with van der Waals surface area (Å²) in [6.45, 7) is 0.598. The monoisotopic (exact) mass is 198 g/mol. The van der Waals surface area contributed by atoms with Crippen LogP contribution in [0.4, 0.5) is 0 Å². The van der Waals surface area contributed by atoms with Crippen molar-refractivity contribution in [1.29, 1.82) is 0 Å². The standard InChI is InChI=1S/C13H14N2/c14-10-13-4-2-1-3-12(13)9-11-5-7-15-8-6-11/h1-8H,9-10,14H2. The lowest BCUT2D eigenvalue weighted by molar-refractivity contribution is 1.02. The fourth-order valence-electron chi connectivity index (χ4n) is 1.65. The van der Waals surface area contributed by atoms with Crippen molar-refractivity contribution < 1.29 is 0 Å². The molecule has 0 spiro atoms. The van der Waals surface area contributed by atoms with E-state index in [0.717, 1.165) is 6.42 Å². The predicted octanol–water partition coefficient (Wildman–Crippen LogP) is 2.13. The third-order valence-corrected chi connectivity index (χ3v) is 2.48. The number of benzene rings is 1. The number of nitrogens with zero attached hydrogens (tertiary/aromatic N) is 1. The zero-order valence-electron chi connectivity index (χ0n) is 8.56. The second-order valence-corrected chi connectivity index (χ2v) is 3.51. The Labute approximate surface area is 89.8 Å². The fourth-order valence-corrected chi connectivity index (χ4v) is 1.65. The second-order valence-electron chi connectivity index (χ2n) is 3.51. The highest BCUT2D eigenvalue weighted by molar-refractivity contribution is 5.31. The minimum absolute atomic E-state index is 0.598. The van der Waals surface area contributed by atoms with Gasteiger partial charge in [-0.1, -0.05) is 24.3 Å². The van der Waals surface area contributed by atoms with Gasteiger partial charge in [-0.2, -0.15) is 0 Å². The molecule has 1 heterocycles. The van der Waals surface area contributed by atoms with Gasteiger partial charge in [-0.25, -0.2) is 0 Å². The molecule has 0 unspecified atom stereocenters. The number of hydrogen-bond acceptors (Lipinski definition) is 2. The molecule has 0 aliphatic rings. The number of rotatable bonds is 3. The average molecular weight is 198 g/mol. The Hall–Kier alpha value is -1.67. The van der Waals surface area contributed by atoms with Crippen molar-refractivity contribution in [2.24, 2.45) is 5.73 Å². The van der Waals surface area contributed by atoms with Crippen LogP contribution in [0.5, 0.6) is 0 Å². The Kier molecular flexibility index (Phi) is 3.10. The molecule has 2 heteroatoms. The van der Waals surface area contributed by atoms with Crippen molar-refractivity contribution in [2.75, 3.05) is 0 Å². The Morgan fingerprint density at radius 3 is 2.27 bits per heavy atom. The van der Waals surface area contributed by atoms with E-state index in [1.165, 1.54) is 16.7 Å². The van der Waals surface area contributed by atoms with Gasteiger partial charge in [0.05, 0.1) is 0 Å². The van der Waals surface area contributed by atoms with E-state index in [0.29, 0.717) is 6.54 Å². The molecule has 2 nitrogen and oxygen atoms in total. The maximum atomic E-state index is 5.69. The molecule has 0 fully saturated rings. The minimum Gasteiger partial charge on any atom is -0.326 e. The van der Waals surface area contributed by atoms with E-state index in [9.17, 15) is 0 Å². The van der Waals surface area contributed by atoms with Gasteiger partial charge in [-0.3, -0.25) is 4.98 Å². The summed E-state index contributed by atoms with van der Waals surface area (Å²) in [6, 6.07) is 12.4. The molecule has 2 N–H and O–H groups in total. The summed E-state index contributed by atoms with van der Waals surface area (Å²) in [6.07, 6.45) is 4.57. The number of hydrogen-bond donors (Lipinski definition) is 1. The van der Waals surface area contributed by atoms with Gasteiger partial charge < -0.3 is 5.73 Å². The van der Waals surface area contributed by atoms with Crippen LogP contribution in [0.1, 0.15) is 16.7 Å². The molecular formula is C13H14N2. The first kappa shape index (κ1) is 9.87. The molecule has 2 rings (SSSR count). The number of nitrogens with two attached hydrogens (primary N) is 1. The Bertz CT molecular complexity index is 424.